The molecular formula is C27H48N4O10. The van der Waals surface area contributed by atoms with Gasteiger partial charge in [-0.2, -0.15) is 0 Å². The van der Waals surface area contributed by atoms with Gasteiger partial charge in [0.1, 0.15) is 36.0 Å². The van der Waals surface area contributed by atoms with Crippen molar-refractivity contribution >= 4 is 29.6 Å². The molecule has 6 atom stereocenters. The number of hydrogen-bond donors (Lipinski definition) is 6. The molecule has 5 unspecified atom stereocenters. The zero-order valence-corrected chi connectivity index (χ0v) is 25.0. The molecular weight excluding hydrogens is 540 g/mol. The second-order valence-corrected chi connectivity index (χ2v) is 11.1. The third-order valence-corrected chi connectivity index (χ3v) is 6.01. The normalized spacial score (nSPS) is 23.2. The minimum atomic E-state index is -1.46. The molecule has 1 saturated heterocycles. The Kier molecular flexibility index (Phi) is 15.8. The maximum absolute atomic E-state index is 12.8. The number of hydrogen-bond acceptors (Lipinski definition) is 10. The number of nitrogens with one attached hydrogen (secondary N) is 4. The van der Waals surface area contributed by atoms with Gasteiger partial charge in [0.15, 0.2) is 6.29 Å². The highest BCUT2D eigenvalue weighted by atomic mass is 16.7. The Bertz CT molecular complexity index is 879. The van der Waals surface area contributed by atoms with Crippen LogP contribution in [0.15, 0.2) is 0 Å². The van der Waals surface area contributed by atoms with Crippen molar-refractivity contribution in [3.8, 4) is 0 Å². The summed E-state index contributed by atoms with van der Waals surface area (Å²) in [5.74, 6) is -1.85. The van der Waals surface area contributed by atoms with Crippen molar-refractivity contribution in [2.45, 2.75) is 122 Å². The second-order valence-electron chi connectivity index (χ2n) is 11.1. The SMILES string of the molecule is CC(=O)NCCCC[C@@H](NC(C)=O)C(=O)NCC1OC(OCCCCC(=O)OC(C)(C)C)C(NC(C)=O)C(O)C1O. The lowest BCUT2D eigenvalue weighted by atomic mass is 9.96. The molecule has 0 saturated carbocycles. The van der Waals surface area contributed by atoms with Crippen LogP contribution in [0.5, 0.6) is 0 Å². The molecule has 1 aliphatic rings. The zero-order chi connectivity index (χ0) is 31.2. The van der Waals surface area contributed by atoms with Crippen LogP contribution in [0.1, 0.15) is 80.1 Å². The van der Waals surface area contributed by atoms with Crippen LogP contribution in [0, 0.1) is 0 Å². The van der Waals surface area contributed by atoms with Gasteiger partial charge in [-0.25, -0.2) is 0 Å². The summed E-state index contributed by atoms with van der Waals surface area (Å²) in [6.45, 7) is 9.68. The summed E-state index contributed by atoms with van der Waals surface area (Å²) in [4.78, 5) is 59.1. The number of ether oxygens (including phenoxy) is 3. The van der Waals surface area contributed by atoms with Crippen LogP contribution in [0.25, 0.3) is 0 Å². The maximum Gasteiger partial charge on any atom is 0.306 e. The Morgan fingerprint density at radius 2 is 1.56 bits per heavy atom. The first kappa shape index (κ1) is 36.2. The fourth-order valence-electron chi connectivity index (χ4n) is 4.17. The van der Waals surface area contributed by atoms with Gasteiger partial charge in [0.25, 0.3) is 0 Å². The lowest BCUT2D eigenvalue weighted by Gasteiger charge is -2.42. The summed E-state index contributed by atoms with van der Waals surface area (Å²) in [6.07, 6.45) is -2.51. The molecule has 0 radical (unpaired) electrons. The molecule has 0 spiro atoms. The van der Waals surface area contributed by atoms with E-state index in [0.29, 0.717) is 38.6 Å². The van der Waals surface area contributed by atoms with Gasteiger partial charge in [0.2, 0.25) is 23.6 Å². The molecule has 6 N–H and O–H groups in total. The number of unbranched alkanes of at least 4 members (excludes halogenated alkanes) is 2. The molecule has 1 fully saturated rings. The molecule has 1 rings (SSSR count). The molecule has 14 nitrogen and oxygen atoms in total. The molecule has 0 aromatic carbocycles. The standard InChI is InChI=1S/C27H48N4O10/c1-16(32)28-13-9-7-11-19(30-17(2)33)25(38)29-15-20-23(36)24(37)22(31-18(3)34)26(40-20)39-14-10-8-12-21(35)41-27(4,5)6/h19-20,22-24,26,36-37H,7-15H2,1-6H3,(H,28,32)(H,29,38)(H,30,33)(H,31,34)/t19-,20?,22?,23?,24?,26?/m1/s1. The van der Waals surface area contributed by atoms with Crippen molar-refractivity contribution in [1.82, 2.24) is 21.3 Å². The van der Waals surface area contributed by atoms with Gasteiger partial charge in [-0.3, -0.25) is 24.0 Å². The summed E-state index contributed by atoms with van der Waals surface area (Å²) in [6, 6.07) is -1.92. The number of aliphatic hydroxyl groups is 2. The number of carbonyl (C=O) groups excluding carboxylic acids is 5. The van der Waals surface area contributed by atoms with E-state index in [1.165, 1.54) is 20.8 Å². The van der Waals surface area contributed by atoms with E-state index in [-0.39, 0.29) is 31.4 Å². The van der Waals surface area contributed by atoms with Crippen LogP contribution >= 0.6 is 0 Å². The van der Waals surface area contributed by atoms with E-state index >= 15 is 0 Å². The highest BCUT2D eigenvalue weighted by Crippen LogP contribution is 2.23. The second kappa shape index (κ2) is 17.9. The number of rotatable bonds is 16. The Morgan fingerprint density at radius 1 is 0.878 bits per heavy atom. The smallest absolute Gasteiger partial charge is 0.306 e. The van der Waals surface area contributed by atoms with Crippen LogP contribution in [0.3, 0.4) is 0 Å². The average molecular weight is 589 g/mol. The first-order chi connectivity index (χ1) is 19.1. The average Bonchev–Trinajstić information content (AvgIpc) is 2.84. The topological polar surface area (TPSA) is 202 Å². The Labute approximate surface area is 241 Å². The Hall–Kier alpha value is -2.81. The molecule has 41 heavy (non-hydrogen) atoms. The van der Waals surface area contributed by atoms with Gasteiger partial charge in [0.05, 0.1) is 0 Å². The quantitative estimate of drug-likeness (QED) is 0.0998. The third-order valence-electron chi connectivity index (χ3n) is 6.01. The number of amides is 4. The molecule has 0 aliphatic carbocycles. The van der Waals surface area contributed by atoms with Crippen LogP contribution in [0.4, 0.5) is 0 Å². The predicted octanol–water partition coefficient (Wildman–Crippen LogP) is -0.606. The van der Waals surface area contributed by atoms with Gasteiger partial charge in [-0.15, -0.1) is 0 Å². The van der Waals surface area contributed by atoms with Crippen LogP contribution in [-0.2, 0) is 38.2 Å². The molecule has 14 heteroatoms. The highest BCUT2D eigenvalue weighted by Gasteiger charge is 2.45. The van der Waals surface area contributed by atoms with Crippen molar-refractivity contribution in [2.75, 3.05) is 19.7 Å². The van der Waals surface area contributed by atoms with E-state index in [1.54, 1.807) is 20.8 Å². The van der Waals surface area contributed by atoms with Crippen molar-refractivity contribution in [3.05, 3.63) is 0 Å². The first-order valence-electron chi connectivity index (χ1n) is 14.0. The molecule has 0 aromatic heterocycles. The maximum atomic E-state index is 12.8. The summed E-state index contributed by atoms with van der Waals surface area (Å²) >= 11 is 0. The first-order valence-corrected chi connectivity index (χ1v) is 14.0. The van der Waals surface area contributed by atoms with Crippen molar-refractivity contribution in [1.29, 1.82) is 0 Å². The monoisotopic (exact) mass is 588 g/mol. The van der Waals surface area contributed by atoms with E-state index in [2.05, 4.69) is 21.3 Å². The van der Waals surface area contributed by atoms with Crippen molar-refractivity contribution in [2.24, 2.45) is 0 Å². The fraction of sp³-hybridized carbons (Fsp3) is 0.815. The molecule has 1 heterocycles. The Morgan fingerprint density at radius 3 is 2.15 bits per heavy atom. The summed E-state index contributed by atoms with van der Waals surface area (Å²) in [7, 11) is 0. The van der Waals surface area contributed by atoms with Crippen molar-refractivity contribution in [3.63, 3.8) is 0 Å². The van der Waals surface area contributed by atoms with Gasteiger partial charge in [-0.05, 0) is 52.9 Å². The predicted molar refractivity (Wildman–Crippen MR) is 147 cm³/mol. The number of carbonyl (C=O) groups is 5. The minimum absolute atomic E-state index is 0.133. The van der Waals surface area contributed by atoms with Gasteiger partial charge in [-0.1, -0.05) is 0 Å². The number of aliphatic hydroxyl groups excluding tert-OH is 2. The van der Waals surface area contributed by atoms with E-state index < -0.39 is 60.0 Å². The van der Waals surface area contributed by atoms with Gasteiger partial charge in [0, 0.05) is 46.9 Å². The van der Waals surface area contributed by atoms with E-state index in [4.69, 9.17) is 14.2 Å². The lowest BCUT2D eigenvalue weighted by molar-refractivity contribution is -0.263. The third kappa shape index (κ3) is 15.1. The zero-order valence-electron chi connectivity index (χ0n) is 25.0. The summed E-state index contributed by atoms with van der Waals surface area (Å²) in [5, 5.41) is 31.8. The van der Waals surface area contributed by atoms with Crippen LogP contribution in [0.2, 0.25) is 0 Å². The summed E-state index contributed by atoms with van der Waals surface area (Å²) in [5.41, 5.74) is -0.577. The van der Waals surface area contributed by atoms with E-state index in [9.17, 15) is 34.2 Å². The largest absolute Gasteiger partial charge is 0.460 e. The summed E-state index contributed by atoms with van der Waals surface area (Å²) < 4.78 is 16.9. The molecule has 1 aliphatic heterocycles. The highest BCUT2D eigenvalue weighted by molar-refractivity contribution is 5.86. The van der Waals surface area contributed by atoms with E-state index in [1.807, 2.05) is 0 Å². The van der Waals surface area contributed by atoms with Gasteiger partial charge >= 0.3 is 5.97 Å². The van der Waals surface area contributed by atoms with Crippen LogP contribution in [-0.4, -0.2) is 102 Å². The molecule has 4 amide bonds. The van der Waals surface area contributed by atoms with Crippen LogP contribution < -0.4 is 21.3 Å². The minimum Gasteiger partial charge on any atom is -0.460 e. The molecule has 0 bridgehead atoms. The van der Waals surface area contributed by atoms with Gasteiger partial charge < -0.3 is 45.7 Å². The molecule has 0 aromatic rings. The van der Waals surface area contributed by atoms with Crippen molar-refractivity contribution < 1.29 is 48.4 Å². The Balaban J connectivity index is 2.72. The number of esters is 1. The fourth-order valence-corrected chi connectivity index (χ4v) is 4.17. The van der Waals surface area contributed by atoms with E-state index in [0.717, 1.165) is 0 Å². The molecule has 236 valence electrons. The lowest BCUT2D eigenvalue weighted by Crippen LogP contribution is -2.65.